The van der Waals surface area contributed by atoms with Crippen LogP contribution >= 0.6 is 11.3 Å². The van der Waals surface area contributed by atoms with Gasteiger partial charge in [-0.3, -0.25) is 9.59 Å². The number of carbonyl (C=O) groups excluding carboxylic acids is 2. The van der Waals surface area contributed by atoms with E-state index in [0.717, 1.165) is 30.9 Å². The molecule has 1 aromatic heterocycles. The predicted molar refractivity (Wildman–Crippen MR) is 102 cm³/mol. The quantitative estimate of drug-likeness (QED) is 0.651. The van der Waals surface area contributed by atoms with Crippen LogP contribution in [0.2, 0.25) is 0 Å². The van der Waals surface area contributed by atoms with Gasteiger partial charge in [-0.1, -0.05) is 18.3 Å². The van der Waals surface area contributed by atoms with Crippen molar-refractivity contribution in [2.45, 2.75) is 58.3 Å². The van der Waals surface area contributed by atoms with Crippen LogP contribution in [0.25, 0.3) is 0 Å². The van der Waals surface area contributed by atoms with E-state index in [1.54, 1.807) is 0 Å². The van der Waals surface area contributed by atoms with E-state index in [2.05, 4.69) is 32.7 Å². The number of nitrogens with one attached hydrogen (secondary N) is 2. The first-order valence-electron chi connectivity index (χ1n) is 9.70. The Morgan fingerprint density at radius 1 is 1.15 bits per heavy atom. The van der Waals surface area contributed by atoms with Crippen LogP contribution in [0.1, 0.15) is 56.9 Å². The number of anilines is 1. The summed E-state index contributed by atoms with van der Waals surface area (Å²) in [5.41, 5.74) is 0.282. The normalized spacial score (nSPS) is 18.7. The third kappa shape index (κ3) is 5.74. The van der Waals surface area contributed by atoms with Crippen molar-refractivity contribution in [2.24, 2.45) is 5.41 Å². The van der Waals surface area contributed by atoms with E-state index >= 15 is 0 Å². The van der Waals surface area contributed by atoms with Crippen LogP contribution in [0, 0.1) is 5.41 Å². The Morgan fingerprint density at radius 3 is 2.58 bits per heavy atom. The number of aryl methyl sites for hydroxylation is 1. The van der Waals surface area contributed by atoms with Crippen LogP contribution in [-0.4, -0.2) is 53.1 Å². The van der Waals surface area contributed by atoms with Crippen LogP contribution in [0.5, 0.6) is 0 Å². The minimum atomic E-state index is -0.183. The number of carbonyl (C=O) groups is 2. The van der Waals surface area contributed by atoms with Crippen molar-refractivity contribution in [1.82, 2.24) is 20.4 Å². The fourth-order valence-corrected chi connectivity index (χ4v) is 4.24. The molecule has 26 heavy (non-hydrogen) atoms. The molecule has 2 amide bonds. The number of rotatable bonds is 10. The van der Waals surface area contributed by atoms with Gasteiger partial charge in [-0.15, -0.1) is 10.2 Å². The summed E-state index contributed by atoms with van der Waals surface area (Å²) in [6, 6.07) is 0. The topological polar surface area (TPSA) is 87.2 Å². The molecule has 0 bridgehead atoms. The van der Waals surface area contributed by atoms with Crippen molar-refractivity contribution in [1.29, 1.82) is 0 Å². The van der Waals surface area contributed by atoms with Gasteiger partial charge in [0.25, 0.3) is 0 Å². The maximum absolute atomic E-state index is 12.1. The van der Waals surface area contributed by atoms with Gasteiger partial charge in [0.05, 0.1) is 0 Å². The highest BCUT2D eigenvalue weighted by molar-refractivity contribution is 7.15. The fourth-order valence-electron chi connectivity index (χ4n) is 3.38. The minimum Gasteiger partial charge on any atom is -0.355 e. The van der Waals surface area contributed by atoms with Crippen LogP contribution in [0.4, 0.5) is 5.13 Å². The SMILES string of the molecule is CCCc1nnc(NC(=O)CCC(=O)NCC2(CN3CCCC3)CC2)s1. The van der Waals surface area contributed by atoms with Crippen LogP contribution in [0.3, 0.4) is 0 Å². The van der Waals surface area contributed by atoms with Crippen LogP contribution in [0.15, 0.2) is 0 Å². The van der Waals surface area contributed by atoms with E-state index in [1.807, 2.05) is 0 Å². The molecule has 0 radical (unpaired) electrons. The molecule has 1 saturated heterocycles. The fraction of sp³-hybridized carbons (Fsp3) is 0.778. The first-order valence-corrected chi connectivity index (χ1v) is 10.5. The molecule has 2 N–H and O–H groups in total. The molecule has 0 aromatic carbocycles. The van der Waals surface area contributed by atoms with E-state index in [9.17, 15) is 9.59 Å². The Labute approximate surface area is 158 Å². The van der Waals surface area contributed by atoms with Crippen molar-refractivity contribution in [3.05, 3.63) is 5.01 Å². The van der Waals surface area contributed by atoms with Crippen LogP contribution in [-0.2, 0) is 16.0 Å². The molecule has 2 fully saturated rings. The zero-order valence-corrected chi connectivity index (χ0v) is 16.4. The highest BCUT2D eigenvalue weighted by Gasteiger charge is 2.44. The van der Waals surface area contributed by atoms with Crippen molar-refractivity contribution in [2.75, 3.05) is 31.5 Å². The highest BCUT2D eigenvalue weighted by Crippen LogP contribution is 2.46. The number of likely N-dealkylation sites (tertiary alicyclic amines) is 1. The van der Waals surface area contributed by atoms with Crippen molar-refractivity contribution in [3.63, 3.8) is 0 Å². The first kappa shape index (κ1) is 19.2. The Bertz CT molecular complexity index is 623. The Hall–Kier alpha value is -1.54. The molecule has 7 nitrogen and oxygen atoms in total. The molecule has 2 aliphatic rings. The van der Waals surface area contributed by atoms with Gasteiger partial charge < -0.3 is 15.5 Å². The van der Waals surface area contributed by atoms with E-state index in [-0.39, 0.29) is 30.1 Å². The van der Waals surface area contributed by atoms with Gasteiger partial charge in [-0.05, 0) is 45.2 Å². The first-order chi connectivity index (χ1) is 12.6. The van der Waals surface area contributed by atoms with E-state index in [1.165, 1.54) is 50.1 Å². The average molecular weight is 380 g/mol. The number of hydrogen-bond donors (Lipinski definition) is 2. The van der Waals surface area contributed by atoms with Gasteiger partial charge in [-0.25, -0.2) is 0 Å². The number of nitrogens with zero attached hydrogens (tertiary/aromatic N) is 3. The molecule has 1 aliphatic heterocycles. The summed E-state index contributed by atoms with van der Waals surface area (Å²) in [6.45, 7) is 6.31. The molecule has 1 aliphatic carbocycles. The van der Waals surface area contributed by atoms with Gasteiger partial charge in [0.15, 0.2) is 0 Å². The van der Waals surface area contributed by atoms with Crippen LogP contribution < -0.4 is 10.6 Å². The zero-order valence-electron chi connectivity index (χ0n) is 15.6. The molecule has 0 spiro atoms. The molecule has 0 unspecified atom stereocenters. The van der Waals surface area contributed by atoms with E-state index < -0.39 is 0 Å². The summed E-state index contributed by atoms with van der Waals surface area (Å²) in [5, 5.41) is 15.2. The third-order valence-corrected chi connectivity index (χ3v) is 6.03. The monoisotopic (exact) mass is 379 g/mol. The molecule has 2 heterocycles. The van der Waals surface area contributed by atoms with Crippen molar-refractivity contribution < 1.29 is 9.59 Å². The Balaban J connectivity index is 1.32. The minimum absolute atomic E-state index is 0.0446. The number of amides is 2. The Kier molecular flexibility index (Phi) is 6.58. The van der Waals surface area contributed by atoms with Crippen molar-refractivity contribution >= 4 is 28.3 Å². The lowest BCUT2D eigenvalue weighted by molar-refractivity contribution is -0.124. The summed E-state index contributed by atoms with van der Waals surface area (Å²) < 4.78 is 0. The highest BCUT2D eigenvalue weighted by atomic mass is 32.1. The molecule has 1 saturated carbocycles. The summed E-state index contributed by atoms with van der Waals surface area (Å²) in [6.07, 6.45) is 7.25. The zero-order chi connectivity index (χ0) is 18.4. The van der Waals surface area contributed by atoms with E-state index in [0.29, 0.717) is 5.13 Å². The van der Waals surface area contributed by atoms with Gasteiger partial charge in [0.1, 0.15) is 5.01 Å². The standard InChI is InChI=1S/C18H29N5O2S/c1-2-5-16-21-22-17(26-16)20-15(25)7-6-14(24)19-12-18(8-9-18)13-23-10-3-4-11-23/h2-13H2,1H3,(H,19,24)(H,20,22,25). The number of hydrogen-bond acceptors (Lipinski definition) is 6. The van der Waals surface area contributed by atoms with Gasteiger partial charge >= 0.3 is 0 Å². The lowest BCUT2D eigenvalue weighted by Gasteiger charge is -2.23. The summed E-state index contributed by atoms with van der Waals surface area (Å²) in [5.74, 6) is -0.227. The maximum Gasteiger partial charge on any atom is 0.226 e. The lowest BCUT2D eigenvalue weighted by atomic mass is 10.1. The second-order valence-corrected chi connectivity index (χ2v) is 8.62. The lowest BCUT2D eigenvalue weighted by Crippen LogP contribution is -2.37. The van der Waals surface area contributed by atoms with Crippen molar-refractivity contribution in [3.8, 4) is 0 Å². The molecule has 0 atom stereocenters. The molecule has 144 valence electrons. The van der Waals surface area contributed by atoms with Gasteiger partial charge in [-0.2, -0.15) is 0 Å². The number of aromatic nitrogens is 2. The molecule has 3 rings (SSSR count). The summed E-state index contributed by atoms with van der Waals surface area (Å²) >= 11 is 1.40. The molecule has 8 heteroatoms. The smallest absolute Gasteiger partial charge is 0.226 e. The molecular weight excluding hydrogens is 350 g/mol. The predicted octanol–water partition coefficient (Wildman–Crippen LogP) is 2.20. The average Bonchev–Trinajstić information content (AvgIpc) is 2.97. The summed E-state index contributed by atoms with van der Waals surface area (Å²) in [4.78, 5) is 26.6. The summed E-state index contributed by atoms with van der Waals surface area (Å²) in [7, 11) is 0. The second-order valence-electron chi connectivity index (χ2n) is 7.56. The largest absolute Gasteiger partial charge is 0.355 e. The third-order valence-electron chi connectivity index (χ3n) is 5.13. The maximum atomic E-state index is 12.1. The molecule has 1 aromatic rings. The van der Waals surface area contributed by atoms with E-state index in [4.69, 9.17) is 0 Å². The van der Waals surface area contributed by atoms with Gasteiger partial charge in [0.2, 0.25) is 16.9 Å². The Morgan fingerprint density at radius 2 is 1.88 bits per heavy atom. The van der Waals surface area contributed by atoms with Gasteiger partial charge in [0, 0.05) is 37.8 Å². The molecular formula is C18H29N5O2S. The second kappa shape index (κ2) is 8.90.